The van der Waals surface area contributed by atoms with Crippen LogP contribution in [0.5, 0.6) is 0 Å². The maximum atomic E-state index is 4.69. The van der Waals surface area contributed by atoms with Crippen molar-refractivity contribution in [2.75, 3.05) is 30.0 Å². The number of imidazole rings is 1. The molecule has 0 radical (unpaired) electrons. The van der Waals surface area contributed by atoms with Gasteiger partial charge in [-0.15, -0.1) is 0 Å². The molecule has 4 rings (SSSR count). The minimum Gasteiger partial charge on any atom is -0.371 e. The van der Waals surface area contributed by atoms with Crippen LogP contribution in [0.25, 0.3) is 10.8 Å². The zero-order chi connectivity index (χ0) is 18.1. The number of aryl methyl sites for hydroxylation is 2. The molecule has 0 saturated carbocycles. The van der Waals surface area contributed by atoms with Crippen LogP contribution in [0.15, 0.2) is 53.9 Å². The SMILES string of the molecule is CN(/N=C/c1n(C)cc[n+]1C)c1ccc(N2CCCC2)c2ccccc12. The van der Waals surface area contributed by atoms with Gasteiger partial charge in [0.15, 0.2) is 0 Å². The first-order valence-corrected chi connectivity index (χ1v) is 9.20. The Kier molecular flexibility index (Phi) is 4.37. The molecule has 0 amide bonds. The normalized spacial score (nSPS) is 14.7. The zero-order valence-corrected chi connectivity index (χ0v) is 15.8. The minimum absolute atomic E-state index is 1.05. The highest BCUT2D eigenvalue weighted by Gasteiger charge is 2.17. The molecule has 1 aliphatic heterocycles. The maximum Gasteiger partial charge on any atom is 0.301 e. The first-order chi connectivity index (χ1) is 12.6. The zero-order valence-electron chi connectivity index (χ0n) is 15.8. The van der Waals surface area contributed by atoms with Crippen molar-refractivity contribution in [1.29, 1.82) is 0 Å². The second-order valence-electron chi connectivity index (χ2n) is 6.99. The highest BCUT2D eigenvalue weighted by atomic mass is 15.4. The number of fused-ring (bicyclic) bond motifs is 1. The van der Waals surface area contributed by atoms with Crippen molar-refractivity contribution in [3.63, 3.8) is 0 Å². The molecule has 26 heavy (non-hydrogen) atoms. The Morgan fingerprint density at radius 3 is 2.50 bits per heavy atom. The van der Waals surface area contributed by atoms with Crippen molar-refractivity contribution in [2.45, 2.75) is 12.8 Å². The van der Waals surface area contributed by atoms with Crippen molar-refractivity contribution in [3.8, 4) is 0 Å². The Labute approximate surface area is 154 Å². The van der Waals surface area contributed by atoms with Crippen LogP contribution in [0.1, 0.15) is 18.7 Å². The molecule has 2 aromatic carbocycles. The van der Waals surface area contributed by atoms with Crippen LogP contribution in [0.3, 0.4) is 0 Å². The number of hydrogen-bond acceptors (Lipinski definition) is 3. The van der Waals surface area contributed by atoms with Gasteiger partial charge in [-0.05, 0) is 25.0 Å². The van der Waals surface area contributed by atoms with Gasteiger partial charge in [-0.3, -0.25) is 5.01 Å². The summed E-state index contributed by atoms with van der Waals surface area (Å²) in [5.74, 6) is 1.05. The number of aromatic nitrogens is 2. The predicted molar refractivity (Wildman–Crippen MR) is 108 cm³/mol. The van der Waals surface area contributed by atoms with Gasteiger partial charge < -0.3 is 4.90 Å². The lowest BCUT2D eigenvalue weighted by Gasteiger charge is -2.23. The van der Waals surface area contributed by atoms with E-state index >= 15 is 0 Å². The van der Waals surface area contributed by atoms with Gasteiger partial charge >= 0.3 is 5.82 Å². The summed E-state index contributed by atoms with van der Waals surface area (Å²) in [4.78, 5) is 2.50. The van der Waals surface area contributed by atoms with Gasteiger partial charge in [0.25, 0.3) is 0 Å². The summed E-state index contributed by atoms with van der Waals surface area (Å²) >= 11 is 0. The first kappa shape index (κ1) is 16.6. The summed E-state index contributed by atoms with van der Waals surface area (Å²) in [5, 5.41) is 9.20. The minimum atomic E-state index is 1.05. The fourth-order valence-corrected chi connectivity index (χ4v) is 3.77. The smallest absolute Gasteiger partial charge is 0.301 e. The summed E-state index contributed by atoms with van der Waals surface area (Å²) in [7, 11) is 6.07. The van der Waals surface area contributed by atoms with Crippen molar-refractivity contribution in [1.82, 2.24) is 4.57 Å². The molecule has 3 aromatic rings. The van der Waals surface area contributed by atoms with E-state index in [1.54, 1.807) is 0 Å². The summed E-state index contributed by atoms with van der Waals surface area (Å²) < 4.78 is 4.12. The standard InChI is InChI=1S/C21H26N5/c1-23-14-15-24(2)21(23)16-22-25(3)19-10-11-20(26-12-6-7-13-26)18-9-5-4-8-17(18)19/h4-5,8-11,14-16H,6-7,12-13H2,1-3H3/q+1. The maximum absolute atomic E-state index is 4.69. The number of rotatable bonds is 4. The Bertz CT molecular complexity index is 931. The van der Waals surface area contributed by atoms with Gasteiger partial charge in [-0.2, -0.15) is 5.10 Å². The van der Waals surface area contributed by atoms with Gasteiger partial charge in [-0.1, -0.05) is 24.3 Å². The molecule has 0 spiro atoms. The van der Waals surface area contributed by atoms with E-state index < -0.39 is 0 Å². The van der Waals surface area contributed by atoms with E-state index in [0.717, 1.165) is 24.6 Å². The molecule has 1 saturated heterocycles. The fourth-order valence-electron chi connectivity index (χ4n) is 3.77. The second-order valence-corrected chi connectivity index (χ2v) is 6.99. The number of nitrogens with zero attached hydrogens (tertiary/aromatic N) is 5. The van der Waals surface area contributed by atoms with Gasteiger partial charge in [0, 0.05) is 36.6 Å². The van der Waals surface area contributed by atoms with Gasteiger partial charge in [0.05, 0.1) is 19.8 Å². The van der Waals surface area contributed by atoms with E-state index in [1.165, 1.54) is 29.3 Å². The molecule has 0 N–H and O–H groups in total. The van der Waals surface area contributed by atoms with Crippen molar-refractivity contribution < 1.29 is 4.57 Å². The Hall–Kier alpha value is -2.82. The van der Waals surface area contributed by atoms with E-state index in [-0.39, 0.29) is 0 Å². The lowest BCUT2D eigenvalue weighted by atomic mass is 10.1. The monoisotopic (exact) mass is 348 g/mol. The third-order valence-corrected chi connectivity index (χ3v) is 5.26. The molecule has 0 unspecified atom stereocenters. The van der Waals surface area contributed by atoms with Crippen LogP contribution in [0.4, 0.5) is 11.4 Å². The van der Waals surface area contributed by atoms with E-state index in [0.29, 0.717) is 0 Å². The van der Waals surface area contributed by atoms with Gasteiger partial charge in [0.1, 0.15) is 18.6 Å². The second kappa shape index (κ2) is 6.83. The van der Waals surface area contributed by atoms with Crippen LogP contribution in [0, 0.1) is 0 Å². The van der Waals surface area contributed by atoms with E-state index in [1.807, 2.05) is 44.8 Å². The fraction of sp³-hybridized carbons (Fsp3) is 0.333. The quantitative estimate of drug-likeness (QED) is 0.412. The van der Waals surface area contributed by atoms with Crippen LogP contribution >= 0.6 is 0 Å². The Balaban J connectivity index is 1.71. The summed E-state index contributed by atoms with van der Waals surface area (Å²) in [5.41, 5.74) is 2.46. The average Bonchev–Trinajstić information content (AvgIpc) is 3.29. The molecule has 0 bridgehead atoms. The molecule has 5 nitrogen and oxygen atoms in total. The molecule has 1 fully saturated rings. The summed E-state index contributed by atoms with van der Waals surface area (Å²) in [6, 6.07) is 13.1. The lowest BCUT2D eigenvalue weighted by molar-refractivity contribution is -0.671. The van der Waals surface area contributed by atoms with Gasteiger partial charge in [-0.25, -0.2) is 9.13 Å². The topological polar surface area (TPSA) is 27.6 Å². The van der Waals surface area contributed by atoms with Gasteiger partial charge in [0.2, 0.25) is 0 Å². The number of hydrazone groups is 1. The molecule has 0 aliphatic carbocycles. The molecule has 5 heteroatoms. The molecule has 134 valence electrons. The average molecular weight is 348 g/mol. The Morgan fingerprint density at radius 1 is 1.08 bits per heavy atom. The molecule has 2 heterocycles. The molecule has 0 atom stereocenters. The summed E-state index contributed by atoms with van der Waals surface area (Å²) in [6.45, 7) is 2.31. The molecule has 1 aliphatic rings. The van der Waals surface area contributed by atoms with Crippen LogP contribution in [-0.4, -0.2) is 30.9 Å². The lowest BCUT2D eigenvalue weighted by Crippen LogP contribution is -2.32. The number of hydrogen-bond donors (Lipinski definition) is 0. The van der Waals surface area contributed by atoms with Crippen LogP contribution in [-0.2, 0) is 14.1 Å². The Morgan fingerprint density at radius 2 is 1.81 bits per heavy atom. The van der Waals surface area contributed by atoms with Crippen molar-refractivity contribution >= 4 is 28.4 Å². The van der Waals surface area contributed by atoms with E-state index in [9.17, 15) is 0 Å². The largest absolute Gasteiger partial charge is 0.371 e. The highest BCUT2D eigenvalue weighted by molar-refractivity contribution is 6.02. The third kappa shape index (κ3) is 2.94. The third-order valence-electron chi connectivity index (χ3n) is 5.26. The van der Waals surface area contributed by atoms with Crippen LogP contribution in [0.2, 0.25) is 0 Å². The number of benzene rings is 2. The summed E-state index contributed by atoms with van der Waals surface area (Å²) in [6.07, 6.45) is 8.54. The predicted octanol–water partition coefficient (Wildman–Crippen LogP) is 3.07. The molecular weight excluding hydrogens is 322 g/mol. The van der Waals surface area contributed by atoms with Crippen LogP contribution < -0.4 is 14.5 Å². The van der Waals surface area contributed by atoms with E-state index in [2.05, 4.69) is 55.5 Å². The molecule has 1 aromatic heterocycles. The van der Waals surface area contributed by atoms with Crippen molar-refractivity contribution in [2.24, 2.45) is 19.2 Å². The first-order valence-electron chi connectivity index (χ1n) is 9.20. The number of anilines is 2. The molecular formula is C21H26N5+. The highest BCUT2D eigenvalue weighted by Crippen LogP contribution is 2.35. The van der Waals surface area contributed by atoms with E-state index in [4.69, 9.17) is 0 Å². The van der Waals surface area contributed by atoms with Crippen molar-refractivity contribution in [3.05, 3.63) is 54.6 Å².